The summed E-state index contributed by atoms with van der Waals surface area (Å²) >= 11 is 0. The predicted octanol–water partition coefficient (Wildman–Crippen LogP) is 5.95. The molecule has 1 aliphatic rings. The van der Waals surface area contributed by atoms with Gasteiger partial charge >= 0.3 is 0 Å². The molecule has 0 radical (unpaired) electrons. The second-order valence-electron chi connectivity index (χ2n) is 4.48. The van der Waals surface area contributed by atoms with Crippen LogP contribution in [0.5, 0.6) is 0 Å². The Kier molecular flexibility index (Phi) is 7.65. The monoisotopic (exact) mass is 254 g/mol. The molecule has 0 fully saturated rings. The molecule has 102 valence electrons. The molecular formula is C19H26. The summed E-state index contributed by atoms with van der Waals surface area (Å²) in [7, 11) is 0. The molecule has 1 aliphatic carbocycles. The molecular weight excluding hydrogens is 228 g/mol. The second kappa shape index (κ2) is 9.38. The quantitative estimate of drug-likeness (QED) is 0.624. The first-order chi connectivity index (χ1) is 9.40. The fourth-order valence-corrected chi connectivity index (χ4v) is 2.07. The van der Waals surface area contributed by atoms with Gasteiger partial charge in [-0.05, 0) is 36.0 Å². The van der Waals surface area contributed by atoms with E-state index in [1.165, 1.54) is 29.5 Å². The van der Waals surface area contributed by atoms with Gasteiger partial charge in [-0.25, -0.2) is 0 Å². The Bertz CT molecular complexity index is 430. The van der Waals surface area contributed by atoms with Crippen molar-refractivity contribution >= 4 is 5.57 Å². The van der Waals surface area contributed by atoms with Gasteiger partial charge in [0.1, 0.15) is 0 Å². The fourth-order valence-electron chi connectivity index (χ4n) is 2.07. The molecule has 0 atom stereocenters. The lowest BCUT2D eigenvalue weighted by Gasteiger charge is -2.05. The van der Waals surface area contributed by atoms with Crippen molar-refractivity contribution in [2.24, 2.45) is 0 Å². The van der Waals surface area contributed by atoms with E-state index in [9.17, 15) is 0 Å². The van der Waals surface area contributed by atoms with Crippen LogP contribution in [-0.2, 0) is 6.42 Å². The maximum atomic E-state index is 2.26. The molecule has 1 aromatic carbocycles. The van der Waals surface area contributed by atoms with E-state index in [-0.39, 0.29) is 0 Å². The molecule has 0 nitrogen and oxygen atoms in total. The van der Waals surface area contributed by atoms with Gasteiger partial charge in [0.15, 0.2) is 0 Å². The van der Waals surface area contributed by atoms with Crippen molar-refractivity contribution in [2.75, 3.05) is 0 Å². The van der Waals surface area contributed by atoms with Crippen molar-refractivity contribution < 1.29 is 0 Å². The van der Waals surface area contributed by atoms with Gasteiger partial charge in [0.25, 0.3) is 0 Å². The summed E-state index contributed by atoms with van der Waals surface area (Å²) in [6.07, 6.45) is 15.8. The van der Waals surface area contributed by atoms with Gasteiger partial charge in [-0.15, -0.1) is 0 Å². The smallest absolute Gasteiger partial charge is 0.0184 e. The first kappa shape index (κ1) is 15.5. The summed E-state index contributed by atoms with van der Waals surface area (Å²) < 4.78 is 0. The predicted molar refractivity (Wildman–Crippen MR) is 87.3 cm³/mol. The summed E-state index contributed by atoms with van der Waals surface area (Å²) in [4.78, 5) is 0. The van der Waals surface area contributed by atoms with Crippen LogP contribution in [0.25, 0.3) is 5.57 Å². The molecule has 0 heterocycles. The Morgan fingerprint density at radius 1 is 0.947 bits per heavy atom. The standard InChI is InChI=1S/C17H20.C2H6/c1-2-8-15-11-13-17(14-12-15)16-9-6-4-3-5-7-10-16;1-2/h4,6-7,9-14H,2-3,5,8H2,1H3;1-2H3/b6-4-,10-7+,16-9+;. The van der Waals surface area contributed by atoms with E-state index in [1.807, 2.05) is 13.8 Å². The maximum absolute atomic E-state index is 2.26. The lowest BCUT2D eigenvalue weighted by atomic mass is 10.00. The van der Waals surface area contributed by atoms with E-state index in [0.29, 0.717) is 0 Å². The maximum Gasteiger partial charge on any atom is -0.0184 e. The minimum Gasteiger partial charge on any atom is -0.0842 e. The molecule has 1 aromatic rings. The van der Waals surface area contributed by atoms with Crippen molar-refractivity contribution in [3.63, 3.8) is 0 Å². The largest absolute Gasteiger partial charge is 0.0842 e. The van der Waals surface area contributed by atoms with Crippen LogP contribution in [0.3, 0.4) is 0 Å². The van der Waals surface area contributed by atoms with Crippen molar-refractivity contribution in [1.29, 1.82) is 0 Å². The second-order valence-corrected chi connectivity index (χ2v) is 4.48. The average Bonchev–Trinajstić information content (AvgIpc) is 2.42. The van der Waals surface area contributed by atoms with E-state index >= 15 is 0 Å². The van der Waals surface area contributed by atoms with Crippen LogP contribution in [0.15, 0.2) is 54.6 Å². The first-order valence-electron chi connectivity index (χ1n) is 7.53. The molecule has 0 aliphatic heterocycles. The Morgan fingerprint density at radius 2 is 1.63 bits per heavy atom. The highest BCUT2D eigenvalue weighted by Crippen LogP contribution is 2.19. The van der Waals surface area contributed by atoms with E-state index in [0.717, 1.165) is 12.8 Å². The number of rotatable bonds is 3. The summed E-state index contributed by atoms with van der Waals surface area (Å²) in [6.45, 7) is 6.22. The van der Waals surface area contributed by atoms with Crippen molar-refractivity contribution in [1.82, 2.24) is 0 Å². The zero-order chi connectivity index (χ0) is 13.9. The summed E-state index contributed by atoms with van der Waals surface area (Å²) in [5.74, 6) is 0. The summed E-state index contributed by atoms with van der Waals surface area (Å²) in [6, 6.07) is 8.96. The third-order valence-electron chi connectivity index (χ3n) is 3.04. The molecule has 0 spiro atoms. The fraction of sp³-hybridized carbons (Fsp3) is 0.368. The van der Waals surface area contributed by atoms with E-state index in [4.69, 9.17) is 0 Å². The van der Waals surface area contributed by atoms with Gasteiger partial charge in [0.05, 0.1) is 0 Å². The molecule has 0 aromatic heterocycles. The van der Waals surface area contributed by atoms with E-state index < -0.39 is 0 Å². The number of benzene rings is 1. The number of allylic oxidation sites excluding steroid dienone is 6. The third kappa shape index (κ3) is 5.30. The van der Waals surface area contributed by atoms with Gasteiger partial charge in [-0.1, -0.05) is 81.8 Å². The van der Waals surface area contributed by atoms with Crippen LogP contribution >= 0.6 is 0 Å². The zero-order valence-corrected chi connectivity index (χ0v) is 12.5. The molecule has 19 heavy (non-hydrogen) atoms. The van der Waals surface area contributed by atoms with Crippen molar-refractivity contribution in [3.8, 4) is 0 Å². The van der Waals surface area contributed by atoms with Crippen LogP contribution in [0.2, 0.25) is 0 Å². The lowest BCUT2D eigenvalue weighted by molar-refractivity contribution is 0.922. The molecule has 0 bridgehead atoms. The highest BCUT2D eigenvalue weighted by atomic mass is 14.0. The van der Waals surface area contributed by atoms with Crippen molar-refractivity contribution in [3.05, 3.63) is 65.8 Å². The topological polar surface area (TPSA) is 0 Å². The third-order valence-corrected chi connectivity index (χ3v) is 3.04. The van der Waals surface area contributed by atoms with Gasteiger partial charge < -0.3 is 0 Å². The van der Waals surface area contributed by atoms with Crippen LogP contribution in [0.1, 0.15) is 51.2 Å². The molecule has 0 unspecified atom stereocenters. The summed E-state index contributed by atoms with van der Waals surface area (Å²) in [5.41, 5.74) is 4.05. The van der Waals surface area contributed by atoms with Gasteiger partial charge in [0, 0.05) is 0 Å². The van der Waals surface area contributed by atoms with Crippen LogP contribution in [-0.4, -0.2) is 0 Å². The normalized spacial score (nSPS) is 20.1. The highest BCUT2D eigenvalue weighted by Gasteiger charge is 1.98. The Balaban J connectivity index is 0.000000861. The molecule has 2 rings (SSSR count). The molecule has 0 saturated carbocycles. The van der Waals surface area contributed by atoms with Crippen LogP contribution in [0, 0.1) is 0 Å². The van der Waals surface area contributed by atoms with E-state index in [2.05, 4.69) is 61.6 Å². The first-order valence-corrected chi connectivity index (χ1v) is 7.53. The number of hydrogen-bond donors (Lipinski definition) is 0. The molecule has 0 saturated heterocycles. The lowest BCUT2D eigenvalue weighted by Crippen LogP contribution is -1.86. The average molecular weight is 254 g/mol. The minimum absolute atomic E-state index is 1.14. The van der Waals surface area contributed by atoms with Crippen molar-refractivity contribution in [2.45, 2.75) is 46.5 Å². The number of aryl methyl sites for hydroxylation is 1. The van der Waals surface area contributed by atoms with E-state index in [1.54, 1.807) is 0 Å². The SMILES string of the molecule is CC.CCCc1ccc(C2=C/C=C\CC\C=C\2)cc1. The van der Waals surface area contributed by atoms with Gasteiger partial charge in [0.2, 0.25) is 0 Å². The molecule has 0 heteroatoms. The Morgan fingerprint density at radius 3 is 2.32 bits per heavy atom. The molecule has 0 N–H and O–H groups in total. The summed E-state index contributed by atoms with van der Waals surface area (Å²) in [5, 5.41) is 0. The Labute approximate surface area is 118 Å². The van der Waals surface area contributed by atoms with Gasteiger partial charge in [-0.2, -0.15) is 0 Å². The van der Waals surface area contributed by atoms with Crippen LogP contribution in [0.4, 0.5) is 0 Å². The van der Waals surface area contributed by atoms with Gasteiger partial charge in [-0.3, -0.25) is 0 Å². The highest BCUT2D eigenvalue weighted by molar-refractivity contribution is 5.75. The Hall–Kier alpha value is -1.56. The minimum atomic E-state index is 1.14. The zero-order valence-electron chi connectivity index (χ0n) is 12.5. The molecule has 0 amide bonds. The van der Waals surface area contributed by atoms with Crippen LogP contribution < -0.4 is 0 Å². The number of hydrogen-bond acceptors (Lipinski definition) is 0.